The molecule has 176 valence electrons. The zero-order chi connectivity index (χ0) is 24.1. The van der Waals surface area contributed by atoms with Gasteiger partial charge in [-0.15, -0.1) is 0 Å². The van der Waals surface area contributed by atoms with Crippen LogP contribution in [0.25, 0.3) is 5.57 Å². The van der Waals surface area contributed by atoms with Gasteiger partial charge < -0.3 is 4.74 Å². The molecule has 8 heteroatoms. The first-order valence-electron chi connectivity index (χ1n) is 10.9. The average Bonchev–Trinajstić information content (AvgIpc) is 3.23. The predicted molar refractivity (Wildman–Crippen MR) is 132 cm³/mol. The molecule has 1 aromatic heterocycles. The van der Waals surface area contributed by atoms with Gasteiger partial charge in [0, 0.05) is 35.4 Å². The minimum absolute atomic E-state index is 0.195. The van der Waals surface area contributed by atoms with Crippen molar-refractivity contribution in [3.8, 4) is 0 Å². The second-order valence-corrected chi connectivity index (χ2v) is 10.3. The van der Waals surface area contributed by atoms with Crippen LogP contribution in [-0.2, 0) is 32.4 Å². The van der Waals surface area contributed by atoms with Gasteiger partial charge in [0.1, 0.15) is 0 Å². The van der Waals surface area contributed by atoms with Crippen molar-refractivity contribution in [2.24, 2.45) is 0 Å². The van der Waals surface area contributed by atoms with Gasteiger partial charge in [0.15, 0.2) is 0 Å². The second-order valence-electron chi connectivity index (χ2n) is 8.14. The van der Waals surface area contributed by atoms with E-state index in [4.69, 9.17) is 16.3 Å². The maximum atomic E-state index is 12.8. The molecule has 6 nitrogen and oxygen atoms in total. The zero-order valence-electron chi connectivity index (χ0n) is 18.7. The molecule has 0 radical (unpaired) electrons. The Morgan fingerprint density at radius 2 is 1.88 bits per heavy atom. The Morgan fingerprint density at radius 3 is 2.59 bits per heavy atom. The monoisotopic (exact) mass is 496 g/mol. The van der Waals surface area contributed by atoms with Crippen LogP contribution in [0.15, 0.2) is 78.0 Å². The van der Waals surface area contributed by atoms with Crippen LogP contribution in [0.5, 0.6) is 0 Å². The quantitative estimate of drug-likeness (QED) is 0.462. The molecule has 0 spiro atoms. The predicted octanol–water partition coefficient (Wildman–Crippen LogP) is 4.57. The first-order chi connectivity index (χ1) is 16.4. The summed E-state index contributed by atoms with van der Waals surface area (Å²) < 4.78 is 33.2. The van der Waals surface area contributed by atoms with E-state index in [1.165, 1.54) is 19.2 Å². The molecule has 0 fully saturated rings. The number of benzene rings is 2. The summed E-state index contributed by atoms with van der Waals surface area (Å²) >= 11 is 5.89. The number of aromatic nitrogens is 1. The lowest BCUT2D eigenvalue weighted by atomic mass is 9.95. The third-order valence-electron chi connectivity index (χ3n) is 5.79. The van der Waals surface area contributed by atoms with Crippen molar-refractivity contribution in [1.29, 1.82) is 0 Å². The summed E-state index contributed by atoms with van der Waals surface area (Å²) in [6.45, 7) is 0. The molecule has 1 atom stereocenters. The number of allylic oxidation sites excluding steroid dienone is 1. The van der Waals surface area contributed by atoms with Gasteiger partial charge in [-0.25, -0.2) is 13.1 Å². The first-order valence-corrected chi connectivity index (χ1v) is 12.8. The lowest BCUT2D eigenvalue weighted by molar-refractivity contribution is -0.140. The summed E-state index contributed by atoms with van der Waals surface area (Å²) in [6.07, 6.45) is 7.58. The highest BCUT2D eigenvalue weighted by Gasteiger charge is 2.27. The molecule has 1 aliphatic carbocycles. The van der Waals surface area contributed by atoms with Crippen LogP contribution < -0.4 is 4.72 Å². The summed E-state index contributed by atoms with van der Waals surface area (Å²) in [5, 5.41) is 0.490. The number of ether oxygens (including phenoxy) is 1. The van der Waals surface area contributed by atoms with Gasteiger partial charge in [-0.05, 0) is 71.9 Å². The number of pyridine rings is 1. The van der Waals surface area contributed by atoms with E-state index in [1.54, 1.807) is 24.5 Å². The van der Waals surface area contributed by atoms with Crippen LogP contribution in [-0.4, -0.2) is 32.5 Å². The maximum Gasteiger partial charge on any atom is 0.305 e. The number of carbonyl (C=O) groups excluding carboxylic acids is 1. The van der Waals surface area contributed by atoms with Crippen LogP contribution in [0.1, 0.15) is 35.1 Å². The van der Waals surface area contributed by atoms with Crippen molar-refractivity contribution in [3.05, 3.63) is 100 Å². The van der Waals surface area contributed by atoms with Crippen molar-refractivity contribution in [3.63, 3.8) is 0 Å². The molecule has 34 heavy (non-hydrogen) atoms. The summed E-state index contributed by atoms with van der Waals surface area (Å²) in [5.41, 5.74) is 5.14. The number of hydrogen-bond acceptors (Lipinski definition) is 5. The number of halogens is 1. The smallest absolute Gasteiger partial charge is 0.305 e. The molecule has 0 bridgehead atoms. The molecule has 4 rings (SSSR count). The van der Waals surface area contributed by atoms with E-state index in [9.17, 15) is 13.2 Å². The number of nitrogens with zero attached hydrogens (tertiary/aromatic N) is 1. The van der Waals surface area contributed by atoms with E-state index in [0.717, 1.165) is 27.8 Å². The van der Waals surface area contributed by atoms with Gasteiger partial charge in [0.05, 0.1) is 12.0 Å². The largest absolute Gasteiger partial charge is 0.469 e. The third kappa shape index (κ3) is 5.73. The molecule has 0 saturated heterocycles. The van der Waals surface area contributed by atoms with Crippen molar-refractivity contribution in [1.82, 2.24) is 9.71 Å². The number of hydrogen-bond donors (Lipinski definition) is 1. The van der Waals surface area contributed by atoms with E-state index in [0.29, 0.717) is 30.7 Å². The molecule has 1 N–H and O–H groups in total. The Labute approximate surface area is 204 Å². The number of carbonyl (C=O) groups is 1. The summed E-state index contributed by atoms with van der Waals surface area (Å²) in [6, 6.07) is 16.0. The fourth-order valence-electron chi connectivity index (χ4n) is 4.13. The lowest BCUT2D eigenvalue weighted by Gasteiger charge is -2.12. The van der Waals surface area contributed by atoms with Gasteiger partial charge in [-0.1, -0.05) is 41.9 Å². The Hall–Kier alpha value is -3.00. The molecule has 1 unspecified atom stereocenters. The second kappa shape index (κ2) is 10.5. The highest BCUT2D eigenvalue weighted by Crippen LogP contribution is 2.30. The maximum absolute atomic E-state index is 12.8. The van der Waals surface area contributed by atoms with Crippen molar-refractivity contribution in [2.75, 3.05) is 7.11 Å². The van der Waals surface area contributed by atoms with Crippen LogP contribution in [0.2, 0.25) is 5.02 Å². The van der Waals surface area contributed by atoms with Gasteiger partial charge in [0.2, 0.25) is 10.0 Å². The Kier molecular flexibility index (Phi) is 7.46. The van der Waals surface area contributed by atoms with E-state index < -0.39 is 10.0 Å². The lowest BCUT2D eigenvalue weighted by Crippen LogP contribution is -2.35. The molecule has 0 saturated carbocycles. The number of methoxy groups -OCH3 is 1. The number of esters is 1. The first kappa shape index (κ1) is 24.1. The normalized spacial score (nSPS) is 15.7. The molecule has 3 aromatic rings. The van der Waals surface area contributed by atoms with Gasteiger partial charge in [-0.3, -0.25) is 9.78 Å². The molecule has 0 aliphatic heterocycles. The summed E-state index contributed by atoms with van der Waals surface area (Å²) in [7, 11) is -2.26. The van der Waals surface area contributed by atoms with Crippen LogP contribution in [0.4, 0.5) is 0 Å². The third-order valence-corrected chi connectivity index (χ3v) is 7.58. The average molecular weight is 497 g/mol. The van der Waals surface area contributed by atoms with E-state index in [1.807, 2.05) is 30.3 Å². The Bertz CT molecular complexity index is 1310. The molecular formula is C26H25ClN2O4S. The van der Waals surface area contributed by atoms with Crippen molar-refractivity contribution < 1.29 is 17.9 Å². The minimum Gasteiger partial charge on any atom is -0.469 e. The Morgan fingerprint density at radius 1 is 1.12 bits per heavy atom. The fourth-order valence-corrected chi connectivity index (χ4v) is 5.49. The fraction of sp³-hybridized carbons (Fsp3) is 0.231. The summed E-state index contributed by atoms with van der Waals surface area (Å²) in [5.74, 6) is -0.258. The summed E-state index contributed by atoms with van der Waals surface area (Å²) in [4.78, 5) is 16.0. The topological polar surface area (TPSA) is 85.4 Å². The van der Waals surface area contributed by atoms with Gasteiger partial charge >= 0.3 is 5.97 Å². The molecule has 0 amide bonds. The van der Waals surface area contributed by atoms with Gasteiger partial charge in [-0.2, -0.15) is 0 Å². The number of fused-ring (bicyclic) bond motifs is 1. The standard InChI is InChI=1S/C26H25ClN2O4S/c1-33-26(30)6-2-5-25(20-4-3-13-28-17-20)19-8-7-18-15-23(16-21(18)14-19)29-34(31,32)24-11-9-22(27)10-12-24/h3-5,7-14,17,23,29H,2,6,15-16H2,1H3/b25-5-. The van der Waals surface area contributed by atoms with Crippen molar-refractivity contribution >= 4 is 33.2 Å². The minimum atomic E-state index is -3.64. The van der Waals surface area contributed by atoms with Crippen LogP contribution >= 0.6 is 11.6 Å². The number of sulfonamides is 1. The zero-order valence-corrected chi connectivity index (χ0v) is 20.3. The highest BCUT2D eigenvalue weighted by atomic mass is 35.5. The number of nitrogens with one attached hydrogen (secondary N) is 1. The van der Waals surface area contributed by atoms with E-state index in [-0.39, 0.29) is 16.9 Å². The Balaban J connectivity index is 1.54. The van der Waals surface area contributed by atoms with Crippen LogP contribution in [0, 0.1) is 0 Å². The molecular weight excluding hydrogens is 472 g/mol. The number of rotatable bonds is 8. The van der Waals surface area contributed by atoms with Crippen LogP contribution in [0.3, 0.4) is 0 Å². The molecule has 1 heterocycles. The van der Waals surface area contributed by atoms with Gasteiger partial charge in [0.25, 0.3) is 0 Å². The molecule has 1 aliphatic rings. The van der Waals surface area contributed by atoms with Crippen molar-refractivity contribution in [2.45, 2.75) is 36.6 Å². The van der Waals surface area contributed by atoms with E-state index >= 15 is 0 Å². The van der Waals surface area contributed by atoms with E-state index in [2.05, 4.69) is 15.8 Å². The highest BCUT2D eigenvalue weighted by molar-refractivity contribution is 7.89. The molecule has 2 aromatic carbocycles. The SMILES string of the molecule is COC(=O)CC/C=C(\c1cccnc1)c1ccc2c(c1)CC(NS(=O)(=O)c1ccc(Cl)cc1)C2.